The van der Waals surface area contributed by atoms with Gasteiger partial charge in [0.1, 0.15) is 17.0 Å². The van der Waals surface area contributed by atoms with Gasteiger partial charge < -0.3 is 24.9 Å². The Hall–Kier alpha value is -3.18. The minimum Gasteiger partial charge on any atom is -0.494 e. The number of nitrogens with zero attached hydrogens (tertiary/aromatic N) is 2. The number of nitrogens with one attached hydrogen (secondary N) is 1. The Morgan fingerprint density at radius 2 is 2.00 bits per heavy atom. The molecule has 1 aromatic carbocycles. The predicted octanol–water partition coefficient (Wildman–Crippen LogP) is 3.14. The first-order valence-electron chi connectivity index (χ1n) is 9.41. The molecule has 0 unspecified atom stereocenters. The maximum atomic E-state index is 13.1. The summed E-state index contributed by atoms with van der Waals surface area (Å²) in [6.07, 6.45) is -4.61. The van der Waals surface area contributed by atoms with Crippen molar-refractivity contribution in [1.29, 1.82) is 0 Å². The van der Waals surface area contributed by atoms with Crippen LogP contribution in [0.2, 0.25) is 0 Å². The van der Waals surface area contributed by atoms with E-state index in [0.29, 0.717) is 24.2 Å². The number of fused-ring (bicyclic) bond motifs is 1. The van der Waals surface area contributed by atoms with Gasteiger partial charge in [0.05, 0.1) is 20.3 Å². The average molecular weight is 438 g/mol. The minimum absolute atomic E-state index is 0.00200. The van der Waals surface area contributed by atoms with Crippen molar-refractivity contribution in [2.24, 2.45) is 5.73 Å². The molecular formula is C20H21F3N4O4. The number of oxazole rings is 1. The molecule has 0 aliphatic rings. The summed E-state index contributed by atoms with van der Waals surface area (Å²) in [7, 11) is 1.33. The fourth-order valence-corrected chi connectivity index (χ4v) is 2.95. The number of carbonyl (C=O) groups is 1. The van der Waals surface area contributed by atoms with Gasteiger partial charge in [0, 0.05) is 24.1 Å². The highest BCUT2D eigenvalue weighted by Gasteiger charge is 2.33. The smallest absolute Gasteiger partial charge is 0.433 e. The van der Waals surface area contributed by atoms with E-state index < -0.39 is 17.8 Å². The zero-order chi connectivity index (χ0) is 22.6. The zero-order valence-electron chi connectivity index (χ0n) is 16.9. The fraction of sp³-hybridized carbons (Fsp3) is 0.350. The second-order valence-corrected chi connectivity index (χ2v) is 6.35. The largest absolute Gasteiger partial charge is 0.494 e. The molecule has 0 atom stereocenters. The molecule has 0 bridgehead atoms. The number of halogens is 3. The van der Waals surface area contributed by atoms with Crippen molar-refractivity contribution in [2.45, 2.75) is 19.6 Å². The van der Waals surface area contributed by atoms with Crippen molar-refractivity contribution in [3.8, 4) is 17.2 Å². The number of nitrogens with two attached hydrogens (primary N) is 1. The van der Waals surface area contributed by atoms with E-state index in [-0.39, 0.29) is 41.7 Å². The Labute approximate surface area is 175 Å². The molecule has 11 heteroatoms. The number of benzene rings is 1. The summed E-state index contributed by atoms with van der Waals surface area (Å²) in [5, 5.41) is 2.97. The second-order valence-electron chi connectivity index (χ2n) is 6.35. The molecule has 0 aliphatic heterocycles. The number of rotatable bonds is 8. The first-order valence-corrected chi connectivity index (χ1v) is 9.41. The third-order valence-electron chi connectivity index (χ3n) is 4.39. The van der Waals surface area contributed by atoms with E-state index in [1.807, 2.05) is 6.92 Å². The first-order chi connectivity index (χ1) is 14.8. The van der Waals surface area contributed by atoms with E-state index in [2.05, 4.69) is 15.3 Å². The molecule has 0 saturated heterocycles. The summed E-state index contributed by atoms with van der Waals surface area (Å²) in [6, 6.07) is 5.15. The quantitative estimate of drug-likeness (QED) is 0.520. The standard InChI is InChI=1S/C20H21F3N4O4/c1-3-30-9-8-25-18(28)17-14(10-24)31-19(27-17)12-4-6-13(29-2)16-11(12)5-7-15(26-16)20(21,22)23/h4-7H,3,8-10,24H2,1-2H3,(H,25,28). The van der Waals surface area contributed by atoms with Crippen LogP contribution in [0.25, 0.3) is 22.4 Å². The van der Waals surface area contributed by atoms with E-state index in [1.54, 1.807) is 6.07 Å². The van der Waals surface area contributed by atoms with E-state index in [1.165, 1.54) is 19.2 Å². The first kappa shape index (κ1) is 22.5. The number of hydrogen-bond donors (Lipinski definition) is 2. The number of ether oxygens (including phenoxy) is 2. The Balaban J connectivity index is 2.03. The maximum Gasteiger partial charge on any atom is 0.433 e. The molecule has 166 valence electrons. The zero-order valence-corrected chi connectivity index (χ0v) is 16.9. The van der Waals surface area contributed by atoms with Crippen LogP contribution in [0, 0.1) is 0 Å². The predicted molar refractivity (Wildman–Crippen MR) is 106 cm³/mol. The number of pyridine rings is 1. The van der Waals surface area contributed by atoms with Gasteiger partial charge in [-0.15, -0.1) is 0 Å². The molecule has 8 nitrogen and oxygen atoms in total. The number of amides is 1. The molecule has 3 aromatic rings. The summed E-state index contributed by atoms with van der Waals surface area (Å²) in [5.74, 6) is -0.160. The van der Waals surface area contributed by atoms with Crippen molar-refractivity contribution in [3.63, 3.8) is 0 Å². The Kier molecular flexibility index (Phi) is 6.76. The SMILES string of the molecule is CCOCCNC(=O)c1nc(-c2ccc(OC)c3nc(C(F)(F)F)ccc23)oc1CN. The molecule has 2 aromatic heterocycles. The highest BCUT2D eigenvalue weighted by Crippen LogP contribution is 2.36. The van der Waals surface area contributed by atoms with E-state index in [0.717, 1.165) is 6.07 Å². The van der Waals surface area contributed by atoms with Gasteiger partial charge in [0.2, 0.25) is 5.89 Å². The molecule has 2 heterocycles. The molecule has 3 N–H and O–H groups in total. The lowest BCUT2D eigenvalue weighted by Crippen LogP contribution is -2.28. The minimum atomic E-state index is -4.61. The van der Waals surface area contributed by atoms with Gasteiger partial charge in [0.15, 0.2) is 11.5 Å². The van der Waals surface area contributed by atoms with Crippen molar-refractivity contribution in [2.75, 3.05) is 26.9 Å². The van der Waals surface area contributed by atoms with Crippen molar-refractivity contribution in [1.82, 2.24) is 15.3 Å². The summed E-state index contributed by atoms with van der Waals surface area (Å²) in [5.41, 5.74) is 4.97. The van der Waals surface area contributed by atoms with E-state index in [4.69, 9.17) is 19.6 Å². The van der Waals surface area contributed by atoms with Crippen LogP contribution in [0.1, 0.15) is 28.9 Å². The van der Waals surface area contributed by atoms with E-state index in [9.17, 15) is 18.0 Å². The van der Waals surface area contributed by atoms with Crippen molar-refractivity contribution < 1.29 is 31.9 Å². The van der Waals surface area contributed by atoms with Crippen LogP contribution >= 0.6 is 0 Å². The number of alkyl halides is 3. The van der Waals surface area contributed by atoms with E-state index >= 15 is 0 Å². The van der Waals surface area contributed by atoms with Crippen LogP contribution in [-0.4, -0.2) is 42.7 Å². The van der Waals surface area contributed by atoms with Gasteiger partial charge >= 0.3 is 6.18 Å². The van der Waals surface area contributed by atoms with Gasteiger partial charge in [-0.1, -0.05) is 0 Å². The third-order valence-corrected chi connectivity index (χ3v) is 4.39. The molecule has 0 fully saturated rings. The van der Waals surface area contributed by atoms with Crippen LogP contribution in [0.3, 0.4) is 0 Å². The molecule has 3 rings (SSSR count). The highest BCUT2D eigenvalue weighted by molar-refractivity contribution is 5.98. The van der Waals surface area contributed by atoms with Gasteiger partial charge in [-0.25, -0.2) is 9.97 Å². The van der Waals surface area contributed by atoms with Gasteiger partial charge in [-0.05, 0) is 31.2 Å². The molecule has 0 aliphatic carbocycles. The normalized spacial score (nSPS) is 11.7. The van der Waals surface area contributed by atoms with Gasteiger partial charge in [0.25, 0.3) is 5.91 Å². The Morgan fingerprint density at radius 1 is 1.23 bits per heavy atom. The molecule has 31 heavy (non-hydrogen) atoms. The topological polar surface area (TPSA) is 112 Å². The summed E-state index contributed by atoms with van der Waals surface area (Å²) in [6.45, 7) is 2.87. The van der Waals surface area contributed by atoms with Gasteiger partial charge in [-0.2, -0.15) is 13.2 Å². The third kappa shape index (κ3) is 4.78. The number of hydrogen-bond acceptors (Lipinski definition) is 7. The van der Waals surface area contributed by atoms with Crippen LogP contribution in [0.15, 0.2) is 28.7 Å². The van der Waals surface area contributed by atoms with Crippen molar-refractivity contribution in [3.05, 3.63) is 41.4 Å². The lowest BCUT2D eigenvalue weighted by molar-refractivity contribution is -0.140. The van der Waals surface area contributed by atoms with Crippen LogP contribution in [0.4, 0.5) is 13.2 Å². The molecule has 0 spiro atoms. The summed E-state index contributed by atoms with van der Waals surface area (Å²) >= 11 is 0. The fourth-order valence-electron chi connectivity index (χ4n) is 2.95. The Morgan fingerprint density at radius 3 is 2.65 bits per heavy atom. The number of methoxy groups -OCH3 is 1. The average Bonchev–Trinajstić information content (AvgIpc) is 3.19. The van der Waals surface area contributed by atoms with Crippen LogP contribution in [0.5, 0.6) is 5.75 Å². The lowest BCUT2D eigenvalue weighted by Gasteiger charge is -2.11. The molecule has 0 radical (unpaired) electrons. The van der Waals surface area contributed by atoms with Crippen molar-refractivity contribution >= 4 is 16.8 Å². The molecular weight excluding hydrogens is 417 g/mol. The lowest BCUT2D eigenvalue weighted by atomic mass is 10.1. The van der Waals surface area contributed by atoms with Crippen LogP contribution in [-0.2, 0) is 17.5 Å². The number of aromatic nitrogens is 2. The molecule has 0 saturated carbocycles. The van der Waals surface area contributed by atoms with Gasteiger partial charge in [-0.3, -0.25) is 4.79 Å². The second kappa shape index (κ2) is 9.31. The Bertz CT molecular complexity index is 1080. The maximum absolute atomic E-state index is 13.1. The number of carbonyl (C=O) groups excluding carboxylic acids is 1. The summed E-state index contributed by atoms with van der Waals surface area (Å²) < 4.78 is 55.3. The van der Waals surface area contributed by atoms with Crippen LogP contribution < -0.4 is 15.8 Å². The highest BCUT2D eigenvalue weighted by atomic mass is 19.4. The monoisotopic (exact) mass is 438 g/mol. The molecule has 1 amide bonds. The summed E-state index contributed by atoms with van der Waals surface area (Å²) in [4.78, 5) is 20.4.